The van der Waals surface area contributed by atoms with E-state index in [0.717, 1.165) is 18.0 Å². The van der Waals surface area contributed by atoms with Gasteiger partial charge in [-0.1, -0.05) is 18.2 Å². The van der Waals surface area contributed by atoms with Crippen molar-refractivity contribution in [3.63, 3.8) is 0 Å². The molecule has 2 aliphatic heterocycles. The van der Waals surface area contributed by atoms with E-state index in [1.165, 1.54) is 37.8 Å². The van der Waals surface area contributed by atoms with E-state index in [1.807, 2.05) is 6.07 Å². The van der Waals surface area contributed by atoms with Crippen LogP contribution in [0.2, 0.25) is 0 Å². The van der Waals surface area contributed by atoms with E-state index >= 15 is 0 Å². The van der Waals surface area contributed by atoms with E-state index in [4.69, 9.17) is 0 Å². The maximum Gasteiger partial charge on any atom is 0.0633 e. The van der Waals surface area contributed by atoms with Gasteiger partial charge in [-0.2, -0.15) is 10.2 Å². The van der Waals surface area contributed by atoms with Crippen LogP contribution in [0.15, 0.2) is 48.7 Å². The lowest BCUT2D eigenvalue weighted by Crippen LogP contribution is -2.52. The fourth-order valence-corrected chi connectivity index (χ4v) is 4.42. The SMILES string of the molecule is c1ccc(N2[C@@H]3CCC[C@H]2CC(Cc2cccnn2)C3)cc1. The fraction of sp³-hybridized carbons (Fsp3) is 0.474. The lowest BCUT2D eigenvalue weighted by molar-refractivity contribution is 0.226. The highest BCUT2D eigenvalue weighted by Gasteiger charge is 2.38. The first kappa shape index (κ1) is 13.7. The molecule has 1 aromatic carbocycles. The molecule has 0 amide bonds. The zero-order valence-corrected chi connectivity index (χ0v) is 12.9. The van der Waals surface area contributed by atoms with Gasteiger partial charge in [-0.05, 0) is 68.7 Å². The number of hydrogen-bond donors (Lipinski definition) is 0. The van der Waals surface area contributed by atoms with E-state index in [1.54, 1.807) is 6.20 Å². The molecule has 3 heteroatoms. The second-order valence-corrected chi connectivity index (χ2v) is 6.74. The van der Waals surface area contributed by atoms with Crippen molar-refractivity contribution in [3.05, 3.63) is 54.4 Å². The predicted octanol–water partition coefficient (Wildman–Crippen LogP) is 3.86. The molecule has 4 rings (SSSR count). The second-order valence-electron chi connectivity index (χ2n) is 6.74. The number of piperidine rings is 2. The lowest BCUT2D eigenvalue weighted by Gasteiger charge is -2.50. The first-order chi connectivity index (χ1) is 10.9. The number of aromatic nitrogens is 2. The summed E-state index contributed by atoms with van der Waals surface area (Å²) in [5, 5.41) is 8.30. The van der Waals surface area contributed by atoms with Gasteiger partial charge in [0.25, 0.3) is 0 Å². The molecular formula is C19H23N3. The van der Waals surface area contributed by atoms with Crippen LogP contribution < -0.4 is 4.90 Å². The molecule has 2 bridgehead atoms. The Labute approximate surface area is 132 Å². The van der Waals surface area contributed by atoms with Crippen molar-refractivity contribution in [2.75, 3.05) is 4.90 Å². The Morgan fingerprint density at radius 1 is 0.955 bits per heavy atom. The van der Waals surface area contributed by atoms with E-state index in [0.29, 0.717) is 12.1 Å². The number of para-hydroxylation sites is 1. The van der Waals surface area contributed by atoms with Crippen molar-refractivity contribution >= 4 is 5.69 Å². The third-order valence-corrected chi connectivity index (χ3v) is 5.25. The van der Waals surface area contributed by atoms with E-state index < -0.39 is 0 Å². The zero-order valence-electron chi connectivity index (χ0n) is 12.9. The third-order valence-electron chi connectivity index (χ3n) is 5.25. The lowest BCUT2D eigenvalue weighted by atomic mass is 9.76. The van der Waals surface area contributed by atoms with Crippen LogP contribution in [-0.4, -0.2) is 22.3 Å². The topological polar surface area (TPSA) is 29.0 Å². The largest absolute Gasteiger partial charge is 0.366 e. The van der Waals surface area contributed by atoms with Crippen molar-refractivity contribution < 1.29 is 0 Å². The molecule has 1 aromatic heterocycles. The summed E-state index contributed by atoms with van der Waals surface area (Å²) in [6.07, 6.45) is 9.49. The molecule has 0 aliphatic carbocycles. The number of benzene rings is 1. The van der Waals surface area contributed by atoms with Crippen LogP contribution in [0, 0.1) is 5.92 Å². The average Bonchev–Trinajstić information content (AvgIpc) is 2.56. The highest BCUT2D eigenvalue weighted by atomic mass is 15.2. The number of anilines is 1. The van der Waals surface area contributed by atoms with Gasteiger partial charge < -0.3 is 4.90 Å². The Bertz CT molecular complexity index is 585. The quantitative estimate of drug-likeness (QED) is 0.860. The van der Waals surface area contributed by atoms with E-state index in [2.05, 4.69) is 51.5 Å². The molecule has 2 saturated heterocycles. The highest BCUT2D eigenvalue weighted by molar-refractivity contribution is 5.49. The Kier molecular flexibility index (Phi) is 3.79. The Balaban J connectivity index is 1.51. The maximum absolute atomic E-state index is 4.28. The molecule has 0 N–H and O–H groups in total. The van der Waals surface area contributed by atoms with Crippen molar-refractivity contribution in [3.8, 4) is 0 Å². The standard InChI is InChI=1S/C19H23N3/c1-2-7-17(8-3-1)22-18-9-4-10-19(22)14-15(13-18)12-16-6-5-11-20-21-16/h1-3,5-8,11,15,18-19H,4,9-10,12-14H2/t15?,18-,19+. The predicted molar refractivity (Wildman–Crippen MR) is 88.8 cm³/mol. The third kappa shape index (κ3) is 2.72. The van der Waals surface area contributed by atoms with Gasteiger partial charge in [0.15, 0.2) is 0 Å². The Hall–Kier alpha value is -1.90. The molecule has 0 spiro atoms. The minimum absolute atomic E-state index is 0.705. The van der Waals surface area contributed by atoms with Crippen LogP contribution in [0.3, 0.4) is 0 Å². The summed E-state index contributed by atoms with van der Waals surface area (Å²) in [6.45, 7) is 0. The molecule has 0 radical (unpaired) electrons. The van der Waals surface area contributed by atoms with Crippen LogP contribution in [0.4, 0.5) is 5.69 Å². The van der Waals surface area contributed by atoms with Gasteiger partial charge in [-0.25, -0.2) is 0 Å². The van der Waals surface area contributed by atoms with Gasteiger partial charge in [0, 0.05) is 24.0 Å². The summed E-state index contributed by atoms with van der Waals surface area (Å²) >= 11 is 0. The van der Waals surface area contributed by atoms with E-state index in [9.17, 15) is 0 Å². The van der Waals surface area contributed by atoms with Crippen LogP contribution in [0.25, 0.3) is 0 Å². The molecule has 2 aromatic rings. The van der Waals surface area contributed by atoms with Gasteiger partial charge in [-0.3, -0.25) is 0 Å². The number of hydrogen-bond acceptors (Lipinski definition) is 3. The van der Waals surface area contributed by atoms with Gasteiger partial charge >= 0.3 is 0 Å². The van der Waals surface area contributed by atoms with Crippen molar-refractivity contribution in [2.24, 2.45) is 5.92 Å². The van der Waals surface area contributed by atoms with Crippen molar-refractivity contribution in [1.29, 1.82) is 0 Å². The Morgan fingerprint density at radius 3 is 2.41 bits per heavy atom. The molecule has 22 heavy (non-hydrogen) atoms. The molecule has 2 fully saturated rings. The number of nitrogens with zero attached hydrogens (tertiary/aromatic N) is 3. The minimum atomic E-state index is 0.705. The summed E-state index contributed by atoms with van der Waals surface area (Å²) < 4.78 is 0. The first-order valence-electron chi connectivity index (χ1n) is 8.50. The van der Waals surface area contributed by atoms with Crippen LogP contribution in [0.5, 0.6) is 0 Å². The van der Waals surface area contributed by atoms with Crippen molar-refractivity contribution in [2.45, 2.75) is 50.6 Å². The van der Waals surface area contributed by atoms with Crippen LogP contribution in [-0.2, 0) is 6.42 Å². The highest BCUT2D eigenvalue weighted by Crippen LogP contribution is 2.40. The summed E-state index contributed by atoms with van der Waals surface area (Å²) in [5.74, 6) is 0.756. The normalized spacial score (nSPS) is 27.6. The maximum atomic E-state index is 4.28. The fourth-order valence-electron chi connectivity index (χ4n) is 4.42. The van der Waals surface area contributed by atoms with Gasteiger partial charge in [-0.15, -0.1) is 0 Å². The monoisotopic (exact) mass is 293 g/mol. The molecular weight excluding hydrogens is 270 g/mol. The minimum Gasteiger partial charge on any atom is -0.366 e. The van der Waals surface area contributed by atoms with Gasteiger partial charge in [0.1, 0.15) is 0 Å². The molecule has 0 saturated carbocycles. The zero-order chi connectivity index (χ0) is 14.8. The summed E-state index contributed by atoms with van der Waals surface area (Å²) in [6, 6.07) is 16.5. The number of fused-ring (bicyclic) bond motifs is 2. The molecule has 1 unspecified atom stereocenters. The van der Waals surface area contributed by atoms with Crippen LogP contribution in [0.1, 0.15) is 37.8 Å². The molecule has 2 aliphatic rings. The molecule has 3 heterocycles. The smallest absolute Gasteiger partial charge is 0.0633 e. The van der Waals surface area contributed by atoms with Crippen LogP contribution >= 0.6 is 0 Å². The molecule has 3 atom stereocenters. The molecule has 3 nitrogen and oxygen atoms in total. The summed E-state index contributed by atoms with van der Waals surface area (Å²) in [4.78, 5) is 2.71. The van der Waals surface area contributed by atoms with Gasteiger partial charge in [0.2, 0.25) is 0 Å². The second kappa shape index (κ2) is 6.07. The van der Waals surface area contributed by atoms with Crippen molar-refractivity contribution in [1.82, 2.24) is 10.2 Å². The average molecular weight is 293 g/mol. The van der Waals surface area contributed by atoms with E-state index in [-0.39, 0.29) is 0 Å². The first-order valence-corrected chi connectivity index (χ1v) is 8.50. The summed E-state index contributed by atoms with van der Waals surface area (Å²) in [7, 11) is 0. The Morgan fingerprint density at radius 2 is 1.73 bits per heavy atom. The number of rotatable bonds is 3. The van der Waals surface area contributed by atoms with Gasteiger partial charge in [0.05, 0.1) is 5.69 Å². The summed E-state index contributed by atoms with van der Waals surface area (Å²) in [5.41, 5.74) is 2.56. The molecule has 114 valence electrons.